The first-order chi connectivity index (χ1) is 6.00. The van der Waals surface area contributed by atoms with Crippen LogP contribution in [0.1, 0.15) is 0 Å². The molecule has 13 heavy (non-hydrogen) atoms. The minimum absolute atomic E-state index is 0. The van der Waals surface area contributed by atoms with Gasteiger partial charge < -0.3 is 20.1 Å². The molecule has 1 aliphatic rings. The second-order valence-corrected chi connectivity index (χ2v) is 2.57. The van der Waals surface area contributed by atoms with Crippen LogP contribution >= 0.6 is 0 Å². The van der Waals surface area contributed by atoms with Crippen LogP contribution < -0.4 is 0 Å². The van der Waals surface area contributed by atoms with Crippen LogP contribution in [0.15, 0.2) is 0 Å². The fraction of sp³-hybridized carbons (Fsp3) is 1.00. The third-order valence-corrected chi connectivity index (χ3v) is 1.57. The van der Waals surface area contributed by atoms with Gasteiger partial charge in [-0.2, -0.15) is 0 Å². The van der Waals surface area contributed by atoms with Gasteiger partial charge in [0, 0.05) is 26.4 Å². The Labute approximate surface area is 90.2 Å². The summed E-state index contributed by atoms with van der Waals surface area (Å²) in [5.74, 6) is 0. The first-order valence-electron chi connectivity index (χ1n) is 4.42. The van der Waals surface area contributed by atoms with E-state index in [4.69, 9.17) is 9.47 Å². The van der Waals surface area contributed by atoms with Crippen molar-refractivity contribution in [1.82, 2.24) is 0 Å². The Bertz CT molecular complexity index is 63.1. The summed E-state index contributed by atoms with van der Waals surface area (Å²) >= 11 is 0. The van der Waals surface area contributed by atoms with Crippen molar-refractivity contribution in [3.63, 3.8) is 0 Å². The van der Waals surface area contributed by atoms with Gasteiger partial charge in [-0.3, -0.25) is 0 Å². The molecule has 0 amide bonds. The maximum Gasteiger partial charge on any atom is 2.00 e. The Morgan fingerprint density at radius 1 is 0.615 bits per heavy atom. The van der Waals surface area contributed by atoms with E-state index in [-0.39, 0.29) is 17.1 Å². The van der Waals surface area contributed by atoms with E-state index in [2.05, 4.69) is 10.6 Å². The van der Waals surface area contributed by atoms with E-state index in [1.165, 1.54) is 0 Å². The van der Waals surface area contributed by atoms with Gasteiger partial charge in [0.05, 0.1) is 0 Å². The van der Waals surface area contributed by atoms with Crippen molar-refractivity contribution in [2.45, 2.75) is 0 Å². The Morgan fingerprint density at radius 2 is 0.923 bits per heavy atom. The SMILES string of the molecule is C1COCC[N-]CCOCC[N-]1.[Cu+2]. The molecular weight excluding hydrogens is 220 g/mol. The van der Waals surface area contributed by atoms with Gasteiger partial charge in [0.25, 0.3) is 0 Å². The quantitative estimate of drug-likeness (QED) is 0.583. The summed E-state index contributed by atoms with van der Waals surface area (Å²) in [7, 11) is 0. The third-order valence-electron chi connectivity index (χ3n) is 1.57. The molecule has 1 aliphatic heterocycles. The van der Waals surface area contributed by atoms with Crippen LogP contribution in [-0.2, 0) is 26.5 Å². The molecule has 0 N–H and O–H groups in total. The molecule has 0 aromatic carbocycles. The molecule has 0 aromatic rings. The molecule has 81 valence electrons. The summed E-state index contributed by atoms with van der Waals surface area (Å²) < 4.78 is 10.6. The van der Waals surface area contributed by atoms with Gasteiger partial charge >= 0.3 is 17.1 Å². The van der Waals surface area contributed by atoms with Crippen LogP contribution in [-0.4, -0.2) is 52.6 Å². The van der Waals surface area contributed by atoms with E-state index in [1.54, 1.807) is 0 Å². The van der Waals surface area contributed by atoms with Crippen LogP contribution in [0, 0.1) is 0 Å². The summed E-state index contributed by atoms with van der Waals surface area (Å²) in [5, 5.41) is 8.45. The molecular formula is C8H16CuN2O2. The molecule has 0 saturated carbocycles. The fourth-order valence-electron chi connectivity index (χ4n) is 0.944. The Morgan fingerprint density at radius 3 is 1.23 bits per heavy atom. The average molecular weight is 236 g/mol. The van der Waals surface area contributed by atoms with Gasteiger partial charge in [0.15, 0.2) is 0 Å². The van der Waals surface area contributed by atoms with Crippen LogP contribution in [0.25, 0.3) is 10.6 Å². The van der Waals surface area contributed by atoms with Crippen molar-refractivity contribution in [2.24, 2.45) is 0 Å². The van der Waals surface area contributed by atoms with Crippen molar-refractivity contribution in [1.29, 1.82) is 0 Å². The Hall–Kier alpha value is 0.359. The van der Waals surface area contributed by atoms with Gasteiger partial charge in [-0.1, -0.05) is 0 Å². The molecule has 0 aliphatic carbocycles. The molecule has 1 heterocycles. The predicted octanol–water partition coefficient (Wildman–Crippen LogP) is 0.778. The molecule has 0 atom stereocenters. The number of ether oxygens (including phenoxy) is 2. The standard InChI is InChI=1S/C8H16N2O2.Cu/c1-5-11-7-3-10-4-8-12-6-2-9-1;/h1-8H2;/q-2;+2. The second kappa shape index (κ2) is 10.4. The topological polar surface area (TPSA) is 46.7 Å². The van der Waals surface area contributed by atoms with Crippen molar-refractivity contribution in [3.8, 4) is 0 Å². The predicted molar refractivity (Wildman–Crippen MR) is 47.8 cm³/mol. The average Bonchev–Trinajstić information content (AvgIpc) is 2.05. The Balaban J connectivity index is 0.00000144. The van der Waals surface area contributed by atoms with E-state index in [9.17, 15) is 0 Å². The van der Waals surface area contributed by atoms with Gasteiger partial charge in [-0.15, -0.1) is 26.2 Å². The summed E-state index contributed by atoms with van der Waals surface area (Å²) in [5.41, 5.74) is 0. The van der Waals surface area contributed by atoms with E-state index in [1.807, 2.05) is 0 Å². The molecule has 1 rings (SSSR count). The van der Waals surface area contributed by atoms with Gasteiger partial charge in [-0.25, -0.2) is 0 Å². The normalized spacial score (nSPS) is 22.2. The van der Waals surface area contributed by atoms with E-state index < -0.39 is 0 Å². The van der Waals surface area contributed by atoms with E-state index in [0.717, 1.165) is 52.6 Å². The molecule has 0 aromatic heterocycles. The largest absolute Gasteiger partial charge is 2.00 e. The van der Waals surface area contributed by atoms with E-state index >= 15 is 0 Å². The zero-order valence-electron chi connectivity index (χ0n) is 7.67. The number of nitrogens with zero attached hydrogens (tertiary/aromatic N) is 2. The first kappa shape index (κ1) is 13.4. The fourth-order valence-corrected chi connectivity index (χ4v) is 0.944. The van der Waals surface area contributed by atoms with Crippen molar-refractivity contribution in [3.05, 3.63) is 10.6 Å². The van der Waals surface area contributed by atoms with Gasteiger partial charge in [-0.05, 0) is 0 Å². The van der Waals surface area contributed by atoms with E-state index in [0.29, 0.717) is 0 Å². The van der Waals surface area contributed by atoms with Crippen LogP contribution in [0.3, 0.4) is 0 Å². The Kier molecular flexibility index (Phi) is 10.7. The minimum atomic E-state index is 0. The molecule has 5 heteroatoms. The smallest absolute Gasteiger partial charge is 0.659 e. The number of hydrogen-bond donors (Lipinski definition) is 0. The maximum atomic E-state index is 5.28. The minimum Gasteiger partial charge on any atom is -0.659 e. The molecule has 0 spiro atoms. The molecule has 0 bridgehead atoms. The first-order valence-corrected chi connectivity index (χ1v) is 4.42. The number of hydrogen-bond acceptors (Lipinski definition) is 2. The summed E-state index contributed by atoms with van der Waals surface area (Å²) in [6, 6.07) is 0. The van der Waals surface area contributed by atoms with Crippen molar-refractivity contribution < 1.29 is 26.5 Å². The summed E-state index contributed by atoms with van der Waals surface area (Å²) in [6.07, 6.45) is 0. The molecule has 0 unspecified atom stereocenters. The van der Waals surface area contributed by atoms with Crippen LogP contribution in [0.2, 0.25) is 0 Å². The van der Waals surface area contributed by atoms with Crippen LogP contribution in [0.5, 0.6) is 0 Å². The molecule has 1 radical (unpaired) electrons. The van der Waals surface area contributed by atoms with Crippen LogP contribution in [0.4, 0.5) is 0 Å². The van der Waals surface area contributed by atoms with Gasteiger partial charge in [0.1, 0.15) is 0 Å². The van der Waals surface area contributed by atoms with Crippen molar-refractivity contribution >= 4 is 0 Å². The summed E-state index contributed by atoms with van der Waals surface area (Å²) in [6.45, 7) is 6.00. The van der Waals surface area contributed by atoms with Crippen molar-refractivity contribution in [2.75, 3.05) is 52.6 Å². The zero-order valence-corrected chi connectivity index (χ0v) is 8.61. The number of rotatable bonds is 0. The monoisotopic (exact) mass is 235 g/mol. The second-order valence-electron chi connectivity index (χ2n) is 2.57. The third kappa shape index (κ3) is 8.68. The molecule has 1 saturated heterocycles. The van der Waals surface area contributed by atoms with Gasteiger partial charge in [0.2, 0.25) is 0 Å². The molecule has 1 fully saturated rings. The zero-order chi connectivity index (χ0) is 8.49. The maximum absolute atomic E-state index is 5.28. The summed E-state index contributed by atoms with van der Waals surface area (Å²) in [4.78, 5) is 0. The molecule has 4 nitrogen and oxygen atoms in total.